The Kier molecular flexibility index (Phi) is 4.54. The molecule has 1 rings (SSSR count). The number of carboxylic acid groups (broad SMARTS) is 1. The predicted molar refractivity (Wildman–Crippen MR) is 67.2 cm³/mol. The average Bonchev–Trinajstić information content (AvgIpc) is 2.43. The third-order valence-electron chi connectivity index (χ3n) is 1.76. The van der Waals surface area contributed by atoms with Crippen LogP contribution in [0.4, 0.5) is 0 Å². The highest BCUT2D eigenvalue weighted by atomic mass is 79.9. The monoisotopic (exact) mass is 288 g/mol. The van der Waals surface area contributed by atoms with Gasteiger partial charge >= 0.3 is 5.97 Å². The molecule has 1 aromatic heterocycles. The first-order chi connectivity index (χ1) is 6.99. The molecule has 0 amide bonds. The molecule has 0 aliphatic heterocycles. The minimum Gasteiger partial charge on any atom is -0.478 e. The number of carboxylic acids is 1. The van der Waals surface area contributed by atoms with Gasteiger partial charge in [0, 0.05) is 20.3 Å². The SMILES string of the molecule is CC(C)Cc1sc(/C=C/C(=O)O)cc1Br. The molecule has 82 valence electrons. The molecule has 0 unspecified atom stereocenters. The second kappa shape index (κ2) is 5.47. The van der Waals surface area contributed by atoms with Crippen LogP contribution < -0.4 is 0 Å². The number of rotatable bonds is 4. The van der Waals surface area contributed by atoms with Crippen LogP contribution in [0.25, 0.3) is 6.08 Å². The van der Waals surface area contributed by atoms with Crippen LogP contribution >= 0.6 is 27.3 Å². The molecule has 0 atom stereocenters. The van der Waals surface area contributed by atoms with Gasteiger partial charge in [-0.3, -0.25) is 0 Å². The fourth-order valence-corrected chi connectivity index (χ4v) is 3.14. The van der Waals surface area contributed by atoms with Crippen molar-refractivity contribution in [1.29, 1.82) is 0 Å². The Labute approximate surface area is 102 Å². The summed E-state index contributed by atoms with van der Waals surface area (Å²) in [5.74, 6) is -0.304. The number of carbonyl (C=O) groups is 1. The molecule has 2 nitrogen and oxygen atoms in total. The number of hydrogen-bond donors (Lipinski definition) is 1. The summed E-state index contributed by atoms with van der Waals surface area (Å²) in [5.41, 5.74) is 0. The van der Waals surface area contributed by atoms with Gasteiger partial charge in [0.05, 0.1) is 0 Å². The molecule has 0 aromatic carbocycles. The summed E-state index contributed by atoms with van der Waals surface area (Å²) in [6, 6.07) is 1.96. The van der Waals surface area contributed by atoms with E-state index in [0.717, 1.165) is 21.8 Å². The van der Waals surface area contributed by atoms with E-state index in [1.165, 1.54) is 4.88 Å². The number of hydrogen-bond acceptors (Lipinski definition) is 2. The maximum atomic E-state index is 10.3. The largest absolute Gasteiger partial charge is 0.478 e. The lowest BCUT2D eigenvalue weighted by atomic mass is 10.1. The van der Waals surface area contributed by atoms with Crippen molar-refractivity contribution in [1.82, 2.24) is 0 Å². The Hall–Kier alpha value is -0.610. The zero-order valence-electron chi connectivity index (χ0n) is 8.66. The van der Waals surface area contributed by atoms with Crippen molar-refractivity contribution in [2.45, 2.75) is 20.3 Å². The van der Waals surface area contributed by atoms with E-state index in [0.29, 0.717) is 5.92 Å². The van der Waals surface area contributed by atoms with Crippen molar-refractivity contribution < 1.29 is 9.90 Å². The molecule has 1 N–H and O–H groups in total. The van der Waals surface area contributed by atoms with Gasteiger partial charge in [-0.15, -0.1) is 11.3 Å². The highest BCUT2D eigenvalue weighted by Crippen LogP contribution is 2.30. The van der Waals surface area contributed by atoms with Gasteiger partial charge in [-0.2, -0.15) is 0 Å². The molecule has 4 heteroatoms. The highest BCUT2D eigenvalue weighted by molar-refractivity contribution is 9.10. The number of halogens is 1. The van der Waals surface area contributed by atoms with Crippen molar-refractivity contribution in [3.05, 3.63) is 26.4 Å². The molecule has 0 aliphatic carbocycles. The number of thiophene rings is 1. The highest BCUT2D eigenvalue weighted by Gasteiger charge is 2.07. The standard InChI is InChI=1S/C11H13BrO2S/c1-7(2)5-10-9(12)6-8(15-10)3-4-11(13)14/h3-4,6-7H,5H2,1-2H3,(H,13,14)/b4-3+. The molecule has 1 heterocycles. The first-order valence-corrected chi connectivity index (χ1v) is 6.29. The number of aliphatic carboxylic acids is 1. The summed E-state index contributed by atoms with van der Waals surface area (Å²) in [7, 11) is 0. The lowest BCUT2D eigenvalue weighted by Crippen LogP contribution is -1.90. The van der Waals surface area contributed by atoms with E-state index < -0.39 is 5.97 Å². The van der Waals surface area contributed by atoms with Gasteiger partial charge < -0.3 is 5.11 Å². The lowest BCUT2D eigenvalue weighted by Gasteiger charge is -2.01. The van der Waals surface area contributed by atoms with Gasteiger partial charge in [0.25, 0.3) is 0 Å². The summed E-state index contributed by atoms with van der Waals surface area (Å²) < 4.78 is 1.08. The van der Waals surface area contributed by atoms with Crippen LogP contribution in [-0.4, -0.2) is 11.1 Å². The smallest absolute Gasteiger partial charge is 0.328 e. The summed E-state index contributed by atoms with van der Waals surface area (Å²) >= 11 is 5.11. The summed E-state index contributed by atoms with van der Waals surface area (Å²) in [6.45, 7) is 4.33. The first kappa shape index (κ1) is 12.5. The molecular weight excluding hydrogens is 276 g/mol. The van der Waals surface area contributed by atoms with Gasteiger partial charge in [-0.25, -0.2) is 4.79 Å². The molecule has 0 saturated heterocycles. The van der Waals surface area contributed by atoms with Crippen LogP contribution in [-0.2, 0) is 11.2 Å². The van der Waals surface area contributed by atoms with E-state index in [1.54, 1.807) is 17.4 Å². The third kappa shape index (κ3) is 4.18. The van der Waals surface area contributed by atoms with E-state index in [2.05, 4.69) is 29.8 Å². The third-order valence-corrected chi connectivity index (χ3v) is 3.85. The predicted octanol–water partition coefficient (Wildman–Crippen LogP) is 3.81. The second-order valence-electron chi connectivity index (χ2n) is 3.69. The molecule has 15 heavy (non-hydrogen) atoms. The minimum absolute atomic E-state index is 0.608. The zero-order valence-corrected chi connectivity index (χ0v) is 11.1. The Morgan fingerprint density at radius 3 is 2.87 bits per heavy atom. The zero-order chi connectivity index (χ0) is 11.4. The van der Waals surface area contributed by atoms with Crippen LogP contribution in [0.5, 0.6) is 0 Å². The van der Waals surface area contributed by atoms with Crippen molar-refractivity contribution >= 4 is 39.3 Å². The van der Waals surface area contributed by atoms with Crippen LogP contribution in [0, 0.1) is 5.92 Å². The summed E-state index contributed by atoms with van der Waals surface area (Å²) in [4.78, 5) is 12.6. The molecule has 0 radical (unpaired) electrons. The Bertz CT molecular complexity index is 380. The normalized spacial score (nSPS) is 11.5. The molecule has 0 bridgehead atoms. The van der Waals surface area contributed by atoms with Crippen LogP contribution in [0.1, 0.15) is 23.6 Å². The molecule has 0 saturated carbocycles. The van der Waals surface area contributed by atoms with Gasteiger partial charge in [-0.05, 0) is 40.4 Å². The quantitative estimate of drug-likeness (QED) is 0.856. The fourth-order valence-electron chi connectivity index (χ4n) is 1.17. The van der Waals surface area contributed by atoms with Crippen LogP contribution in [0.2, 0.25) is 0 Å². The van der Waals surface area contributed by atoms with E-state index in [-0.39, 0.29) is 0 Å². The Morgan fingerprint density at radius 1 is 1.67 bits per heavy atom. The van der Waals surface area contributed by atoms with Gasteiger partial charge in [0.2, 0.25) is 0 Å². The van der Waals surface area contributed by atoms with Gasteiger partial charge in [0.15, 0.2) is 0 Å². The second-order valence-corrected chi connectivity index (χ2v) is 5.71. The minimum atomic E-state index is -0.912. The first-order valence-electron chi connectivity index (χ1n) is 4.68. The average molecular weight is 289 g/mol. The molecule has 1 aromatic rings. The van der Waals surface area contributed by atoms with E-state index in [9.17, 15) is 4.79 Å². The maximum absolute atomic E-state index is 10.3. The lowest BCUT2D eigenvalue weighted by molar-refractivity contribution is -0.131. The van der Waals surface area contributed by atoms with E-state index in [1.807, 2.05) is 6.07 Å². The topological polar surface area (TPSA) is 37.3 Å². The van der Waals surface area contributed by atoms with Crippen molar-refractivity contribution in [2.24, 2.45) is 5.92 Å². The Balaban J connectivity index is 2.81. The van der Waals surface area contributed by atoms with Crippen molar-refractivity contribution in [2.75, 3.05) is 0 Å². The van der Waals surface area contributed by atoms with Crippen LogP contribution in [0.15, 0.2) is 16.6 Å². The summed E-state index contributed by atoms with van der Waals surface area (Å²) in [6.07, 6.45) is 3.81. The van der Waals surface area contributed by atoms with Crippen molar-refractivity contribution in [3.8, 4) is 0 Å². The Morgan fingerprint density at radius 2 is 2.33 bits per heavy atom. The maximum Gasteiger partial charge on any atom is 0.328 e. The fraction of sp³-hybridized carbons (Fsp3) is 0.364. The van der Waals surface area contributed by atoms with E-state index >= 15 is 0 Å². The van der Waals surface area contributed by atoms with Crippen LogP contribution in [0.3, 0.4) is 0 Å². The molecule has 0 fully saturated rings. The van der Waals surface area contributed by atoms with Crippen molar-refractivity contribution in [3.63, 3.8) is 0 Å². The van der Waals surface area contributed by atoms with Gasteiger partial charge in [0.1, 0.15) is 0 Å². The molecular formula is C11H13BrO2S. The van der Waals surface area contributed by atoms with E-state index in [4.69, 9.17) is 5.11 Å². The molecule has 0 spiro atoms. The molecule has 0 aliphatic rings. The summed E-state index contributed by atoms with van der Waals surface area (Å²) in [5, 5.41) is 8.50. The van der Waals surface area contributed by atoms with Gasteiger partial charge in [-0.1, -0.05) is 13.8 Å².